The lowest BCUT2D eigenvalue weighted by atomic mass is 9.99. The van der Waals surface area contributed by atoms with Crippen LogP contribution in [0.25, 0.3) is 0 Å². The van der Waals surface area contributed by atoms with Crippen molar-refractivity contribution in [2.75, 3.05) is 0 Å². The van der Waals surface area contributed by atoms with Gasteiger partial charge in [-0.15, -0.1) is 0 Å². The van der Waals surface area contributed by atoms with Gasteiger partial charge in [0, 0.05) is 20.0 Å². The van der Waals surface area contributed by atoms with Crippen molar-refractivity contribution < 1.29 is 4.39 Å². The zero-order chi connectivity index (χ0) is 14.0. The van der Waals surface area contributed by atoms with Crippen LogP contribution in [0.3, 0.4) is 0 Å². The fourth-order valence-corrected chi connectivity index (χ4v) is 3.37. The number of hydrogen-bond acceptors (Lipinski definition) is 1. The maximum Gasteiger partial charge on any atom is 0.126 e. The first-order valence-corrected chi connectivity index (χ1v) is 7.57. The molecular weight excluding hydrogens is 396 g/mol. The highest BCUT2D eigenvalue weighted by atomic mass is 79.9. The Morgan fingerprint density at radius 1 is 1.11 bits per heavy atom. The molecule has 0 aliphatic carbocycles. The predicted octanol–water partition coefficient (Wildman–Crippen LogP) is 5.25. The van der Waals surface area contributed by atoms with Gasteiger partial charge in [-0.05, 0) is 53.9 Å². The van der Waals surface area contributed by atoms with Crippen molar-refractivity contribution in [2.45, 2.75) is 12.5 Å². The third kappa shape index (κ3) is 4.02. The van der Waals surface area contributed by atoms with Gasteiger partial charge in [-0.3, -0.25) is 0 Å². The van der Waals surface area contributed by atoms with E-state index in [0.29, 0.717) is 17.0 Å². The maximum atomic E-state index is 13.7. The van der Waals surface area contributed by atoms with Gasteiger partial charge < -0.3 is 5.73 Å². The Balaban J connectivity index is 2.25. The van der Waals surface area contributed by atoms with E-state index in [1.165, 1.54) is 12.1 Å². The lowest BCUT2D eigenvalue weighted by Gasteiger charge is -2.14. The molecule has 0 fully saturated rings. The summed E-state index contributed by atoms with van der Waals surface area (Å²) in [6, 6.07) is 10.0. The summed E-state index contributed by atoms with van der Waals surface area (Å²) >= 11 is 12.7. The second-order valence-corrected chi connectivity index (χ2v) is 6.52. The number of hydrogen-bond donors (Lipinski definition) is 1. The fourth-order valence-electron chi connectivity index (χ4n) is 1.84. The molecule has 2 aromatic rings. The van der Waals surface area contributed by atoms with Crippen molar-refractivity contribution >= 4 is 43.5 Å². The quantitative estimate of drug-likeness (QED) is 0.739. The van der Waals surface area contributed by atoms with E-state index >= 15 is 0 Å². The molecule has 0 bridgehead atoms. The molecule has 2 N–H and O–H groups in total. The van der Waals surface area contributed by atoms with Crippen molar-refractivity contribution in [2.24, 2.45) is 5.73 Å². The van der Waals surface area contributed by atoms with Crippen LogP contribution >= 0.6 is 43.5 Å². The Morgan fingerprint density at radius 2 is 1.74 bits per heavy atom. The maximum absolute atomic E-state index is 13.7. The lowest BCUT2D eigenvalue weighted by Crippen LogP contribution is -2.14. The van der Waals surface area contributed by atoms with E-state index in [9.17, 15) is 4.39 Å². The first-order chi connectivity index (χ1) is 8.95. The Bertz CT molecular complexity index is 584. The van der Waals surface area contributed by atoms with Crippen LogP contribution in [0.15, 0.2) is 45.3 Å². The SMILES string of the molecule is NC(Cc1cc(Cl)ccc1F)c1cc(Br)cc(Br)c1. The van der Waals surface area contributed by atoms with Crippen LogP contribution < -0.4 is 5.73 Å². The third-order valence-corrected chi connectivity index (χ3v) is 3.91. The Kier molecular flexibility index (Phi) is 5.01. The van der Waals surface area contributed by atoms with E-state index in [1.54, 1.807) is 6.07 Å². The molecule has 5 heteroatoms. The van der Waals surface area contributed by atoms with Crippen molar-refractivity contribution in [3.8, 4) is 0 Å². The zero-order valence-electron chi connectivity index (χ0n) is 9.84. The summed E-state index contributed by atoms with van der Waals surface area (Å²) in [5.74, 6) is -0.283. The van der Waals surface area contributed by atoms with Crippen LogP contribution in [0.2, 0.25) is 5.02 Å². The Labute approximate surface area is 133 Å². The van der Waals surface area contributed by atoms with Gasteiger partial charge in [0.25, 0.3) is 0 Å². The molecule has 0 amide bonds. The molecule has 2 rings (SSSR count). The number of nitrogens with two attached hydrogens (primary N) is 1. The highest BCUT2D eigenvalue weighted by molar-refractivity contribution is 9.11. The van der Waals surface area contributed by atoms with Gasteiger partial charge in [0.2, 0.25) is 0 Å². The monoisotopic (exact) mass is 405 g/mol. The minimum atomic E-state index is -0.290. The van der Waals surface area contributed by atoms with Gasteiger partial charge in [0.15, 0.2) is 0 Å². The number of benzene rings is 2. The van der Waals surface area contributed by atoms with Gasteiger partial charge in [-0.1, -0.05) is 43.5 Å². The summed E-state index contributed by atoms with van der Waals surface area (Å²) in [6.07, 6.45) is 0.398. The second kappa shape index (κ2) is 6.35. The lowest BCUT2D eigenvalue weighted by molar-refractivity contribution is 0.593. The summed E-state index contributed by atoms with van der Waals surface area (Å²) in [5, 5.41) is 0.513. The van der Waals surface area contributed by atoms with E-state index in [2.05, 4.69) is 31.9 Å². The number of rotatable bonds is 3. The van der Waals surface area contributed by atoms with Gasteiger partial charge in [-0.2, -0.15) is 0 Å². The molecule has 0 heterocycles. The Hall–Kier alpha value is -0.420. The summed E-state index contributed by atoms with van der Waals surface area (Å²) in [6.45, 7) is 0. The minimum Gasteiger partial charge on any atom is -0.324 e. The fraction of sp³-hybridized carbons (Fsp3) is 0.143. The van der Waals surface area contributed by atoms with E-state index in [-0.39, 0.29) is 11.9 Å². The highest BCUT2D eigenvalue weighted by Crippen LogP contribution is 2.26. The molecular formula is C14H11Br2ClFN. The van der Waals surface area contributed by atoms with E-state index < -0.39 is 0 Å². The molecule has 0 saturated carbocycles. The molecule has 0 aliphatic rings. The van der Waals surface area contributed by atoms with Crippen LogP contribution in [0, 0.1) is 5.82 Å². The molecule has 1 atom stereocenters. The standard InChI is InChI=1S/C14H11Br2ClFN/c15-10-3-9(4-11(16)7-10)14(19)6-8-5-12(17)1-2-13(8)18/h1-5,7,14H,6,19H2. The molecule has 19 heavy (non-hydrogen) atoms. The largest absolute Gasteiger partial charge is 0.324 e. The predicted molar refractivity (Wildman–Crippen MR) is 83.9 cm³/mol. The highest BCUT2D eigenvalue weighted by Gasteiger charge is 2.12. The van der Waals surface area contributed by atoms with Crippen LogP contribution in [0.5, 0.6) is 0 Å². The molecule has 0 spiro atoms. The van der Waals surface area contributed by atoms with Crippen LogP contribution in [-0.2, 0) is 6.42 Å². The normalized spacial score (nSPS) is 12.5. The third-order valence-electron chi connectivity index (χ3n) is 2.76. The average Bonchev–Trinajstić information content (AvgIpc) is 2.32. The topological polar surface area (TPSA) is 26.0 Å². The van der Waals surface area contributed by atoms with E-state index in [1.807, 2.05) is 18.2 Å². The minimum absolute atomic E-state index is 0.283. The molecule has 0 saturated heterocycles. The zero-order valence-corrected chi connectivity index (χ0v) is 13.8. The molecule has 100 valence electrons. The van der Waals surface area contributed by atoms with E-state index in [4.69, 9.17) is 17.3 Å². The summed E-state index contributed by atoms with van der Waals surface area (Å²) in [4.78, 5) is 0. The molecule has 1 unspecified atom stereocenters. The van der Waals surface area contributed by atoms with Gasteiger partial charge >= 0.3 is 0 Å². The molecule has 1 nitrogen and oxygen atoms in total. The van der Waals surface area contributed by atoms with Crippen LogP contribution in [0.4, 0.5) is 4.39 Å². The summed E-state index contributed by atoms with van der Waals surface area (Å²) in [7, 11) is 0. The molecule has 0 aromatic heterocycles. The number of halogens is 4. The second-order valence-electron chi connectivity index (χ2n) is 4.25. The average molecular weight is 408 g/mol. The van der Waals surface area contributed by atoms with Crippen molar-refractivity contribution in [1.29, 1.82) is 0 Å². The van der Waals surface area contributed by atoms with Gasteiger partial charge in [-0.25, -0.2) is 4.39 Å². The summed E-state index contributed by atoms with van der Waals surface area (Å²) < 4.78 is 15.5. The van der Waals surface area contributed by atoms with Crippen LogP contribution in [0.1, 0.15) is 17.2 Å². The van der Waals surface area contributed by atoms with Gasteiger partial charge in [0.1, 0.15) is 5.82 Å². The van der Waals surface area contributed by atoms with Crippen molar-refractivity contribution in [3.63, 3.8) is 0 Å². The molecule has 2 aromatic carbocycles. The molecule has 0 aliphatic heterocycles. The first kappa shape index (κ1) is 15.0. The van der Waals surface area contributed by atoms with Crippen LogP contribution in [-0.4, -0.2) is 0 Å². The summed E-state index contributed by atoms with van der Waals surface area (Å²) in [5.41, 5.74) is 7.59. The van der Waals surface area contributed by atoms with Gasteiger partial charge in [0.05, 0.1) is 0 Å². The molecule has 0 radical (unpaired) electrons. The first-order valence-electron chi connectivity index (χ1n) is 5.61. The van der Waals surface area contributed by atoms with E-state index in [0.717, 1.165) is 14.5 Å². The van der Waals surface area contributed by atoms with Crippen molar-refractivity contribution in [3.05, 3.63) is 67.3 Å². The smallest absolute Gasteiger partial charge is 0.126 e. The van der Waals surface area contributed by atoms with Crippen molar-refractivity contribution in [1.82, 2.24) is 0 Å². The Morgan fingerprint density at radius 3 is 2.37 bits per heavy atom.